The van der Waals surface area contributed by atoms with Gasteiger partial charge in [-0.15, -0.1) is 0 Å². The van der Waals surface area contributed by atoms with E-state index in [1.807, 2.05) is 49.9 Å². The number of methoxy groups -OCH3 is 1. The Morgan fingerprint density at radius 2 is 2.00 bits per heavy atom. The van der Waals surface area contributed by atoms with Crippen LogP contribution in [0.1, 0.15) is 39.3 Å². The molecule has 2 N–H and O–H groups in total. The molecule has 6 heteroatoms. The quantitative estimate of drug-likeness (QED) is 0.870. The van der Waals surface area contributed by atoms with Gasteiger partial charge in [0.05, 0.1) is 13.2 Å². The van der Waals surface area contributed by atoms with E-state index in [4.69, 9.17) is 4.74 Å². The molecule has 0 bridgehead atoms. The molecule has 2 amide bonds. The van der Waals surface area contributed by atoms with Gasteiger partial charge < -0.3 is 20.3 Å². The second-order valence-electron chi connectivity index (χ2n) is 7.44. The van der Waals surface area contributed by atoms with Crippen molar-refractivity contribution in [2.45, 2.75) is 39.8 Å². The molecule has 1 heterocycles. The number of nitrogens with one attached hydrogen (secondary N) is 2. The topological polar surface area (TPSA) is 70.7 Å². The van der Waals surface area contributed by atoms with Crippen LogP contribution in [0.2, 0.25) is 0 Å². The van der Waals surface area contributed by atoms with E-state index < -0.39 is 11.5 Å². The lowest BCUT2D eigenvalue weighted by Gasteiger charge is -2.38. The molecule has 0 spiro atoms. The molecule has 138 valence electrons. The Labute approximate surface area is 149 Å². The van der Waals surface area contributed by atoms with Gasteiger partial charge in [-0.3, -0.25) is 9.59 Å². The smallest absolute Gasteiger partial charge is 0.245 e. The van der Waals surface area contributed by atoms with E-state index in [-0.39, 0.29) is 17.9 Å². The predicted octanol–water partition coefficient (Wildman–Crippen LogP) is 1.72. The van der Waals surface area contributed by atoms with Crippen LogP contribution in [0.15, 0.2) is 24.3 Å². The van der Waals surface area contributed by atoms with E-state index in [0.717, 1.165) is 17.9 Å². The van der Waals surface area contributed by atoms with Gasteiger partial charge in [0.1, 0.15) is 11.8 Å². The fourth-order valence-corrected chi connectivity index (χ4v) is 2.91. The lowest BCUT2D eigenvalue weighted by Crippen LogP contribution is -2.55. The van der Waals surface area contributed by atoms with Gasteiger partial charge in [0, 0.05) is 30.6 Å². The standard InChI is InChI=1S/C19H29N3O3/c1-13(21-18(24)19(2,3)4)17(23)22-11-10-20-12-15(22)14-8-6-7-9-16(14)25-5/h6-9,13,15,20H,10-12H2,1-5H3,(H,21,24). The number of ether oxygens (including phenoxy) is 1. The van der Waals surface area contributed by atoms with Crippen molar-refractivity contribution in [3.05, 3.63) is 29.8 Å². The second-order valence-corrected chi connectivity index (χ2v) is 7.44. The maximum Gasteiger partial charge on any atom is 0.245 e. The largest absolute Gasteiger partial charge is 0.496 e. The third-order valence-electron chi connectivity index (χ3n) is 4.42. The van der Waals surface area contributed by atoms with Crippen LogP contribution in [0.5, 0.6) is 5.75 Å². The number of hydrogen-bond acceptors (Lipinski definition) is 4. The van der Waals surface area contributed by atoms with Crippen molar-refractivity contribution in [1.82, 2.24) is 15.5 Å². The molecule has 6 nitrogen and oxygen atoms in total. The summed E-state index contributed by atoms with van der Waals surface area (Å²) in [6, 6.07) is 7.05. The lowest BCUT2D eigenvalue weighted by molar-refractivity contribution is -0.140. The Bertz CT molecular complexity index is 625. The van der Waals surface area contributed by atoms with Crippen LogP contribution in [0.4, 0.5) is 0 Å². The third kappa shape index (κ3) is 4.51. The van der Waals surface area contributed by atoms with Gasteiger partial charge >= 0.3 is 0 Å². The minimum Gasteiger partial charge on any atom is -0.496 e. The molecule has 2 rings (SSSR count). The van der Waals surface area contributed by atoms with Gasteiger partial charge in [0.2, 0.25) is 11.8 Å². The average Bonchev–Trinajstić information content (AvgIpc) is 2.60. The van der Waals surface area contributed by atoms with Crippen molar-refractivity contribution in [3.63, 3.8) is 0 Å². The van der Waals surface area contributed by atoms with E-state index in [2.05, 4.69) is 10.6 Å². The van der Waals surface area contributed by atoms with Crippen LogP contribution in [0.3, 0.4) is 0 Å². The maximum absolute atomic E-state index is 13.0. The number of rotatable bonds is 4. The molecule has 0 radical (unpaired) electrons. The molecule has 0 aliphatic carbocycles. The molecule has 1 saturated heterocycles. The summed E-state index contributed by atoms with van der Waals surface area (Å²) >= 11 is 0. The molecule has 1 fully saturated rings. The highest BCUT2D eigenvalue weighted by molar-refractivity contribution is 5.89. The summed E-state index contributed by atoms with van der Waals surface area (Å²) in [4.78, 5) is 27.0. The molecule has 2 atom stereocenters. The van der Waals surface area contributed by atoms with Gasteiger partial charge in [-0.1, -0.05) is 39.0 Å². The predicted molar refractivity (Wildman–Crippen MR) is 97.4 cm³/mol. The number of piperazine rings is 1. The van der Waals surface area contributed by atoms with Crippen LogP contribution in [-0.4, -0.2) is 49.5 Å². The summed E-state index contributed by atoms with van der Waals surface area (Å²) in [5, 5.41) is 6.17. The number of nitrogens with zero attached hydrogens (tertiary/aromatic N) is 1. The second kappa shape index (κ2) is 7.87. The van der Waals surface area contributed by atoms with Crippen molar-refractivity contribution in [2.75, 3.05) is 26.7 Å². The zero-order chi connectivity index (χ0) is 18.6. The summed E-state index contributed by atoms with van der Waals surface area (Å²) in [6.45, 7) is 9.24. The van der Waals surface area contributed by atoms with Crippen molar-refractivity contribution < 1.29 is 14.3 Å². The maximum atomic E-state index is 13.0. The fourth-order valence-electron chi connectivity index (χ4n) is 2.91. The first kappa shape index (κ1) is 19.2. The van der Waals surface area contributed by atoms with Crippen molar-refractivity contribution in [1.29, 1.82) is 0 Å². The summed E-state index contributed by atoms with van der Waals surface area (Å²) in [7, 11) is 1.63. The molecule has 1 aromatic rings. The zero-order valence-corrected chi connectivity index (χ0v) is 15.8. The van der Waals surface area contributed by atoms with E-state index in [0.29, 0.717) is 13.1 Å². The minimum absolute atomic E-state index is 0.0741. The van der Waals surface area contributed by atoms with Crippen LogP contribution in [-0.2, 0) is 9.59 Å². The fraction of sp³-hybridized carbons (Fsp3) is 0.579. The first-order valence-electron chi connectivity index (χ1n) is 8.70. The van der Waals surface area contributed by atoms with Crippen LogP contribution < -0.4 is 15.4 Å². The van der Waals surface area contributed by atoms with Crippen LogP contribution in [0, 0.1) is 5.41 Å². The van der Waals surface area contributed by atoms with Gasteiger partial charge in [0.15, 0.2) is 0 Å². The van der Waals surface area contributed by atoms with Crippen LogP contribution >= 0.6 is 0 Å². The number of carbonyl (C=O) groups is 2. The Kier molecular flexibility index (Phi) is 6.06. The van der Waals surface area contributed by atoms with Crippen LogP contribution in [0.25, 0.3) is 0 Å². The monoisotopic (exact) mass is 347 g/mol. The Morgan fingerprint density at radius 1 is 1.32 bits per heavy atom. The molecular weight excluding hydrogens is 318 g/mol. The summed E-state index contributed by atoms with van der Waals surface area (Å²) in [5.74, 6) is 0.563. The average molecular weight is 347 g/mol. The van der Waals surface area contributed by atoms with Crippen molar-refractivity contribution in [3.8, 4) is 5.75 Å². The molecule has 25 heavy (non-hydrogen) atoms. The van der Waals surface area contributed by atoms with Gasteiger partial charge in [-0.05, 0) is 13.0 Å². The highest BCUT2D eigenvalue weighted by Gasteiger charge is 2.33. The third-order valence-corrected chi connectivity index (χ3v) is 4.42. The van der Waals surface area contributed by atoms with E-state index in [9.17, 15) is 9.59 Å². The molecule has 0 saturated carbocycles. The highest BCUT2D eigenvalue weighted by atomic mass is 16.5. The van der Waals surface area contributed by atoms with Gasteiger partial charge in [0.25, 0.3) is 0 Å². The molecule has 1 aromatic carbocycles. The zero-order valence-electron chi connectivity index (χ0n) is 15.8. The number of carbonyl (C=O) groups excluding carboxylic acids is 2. The Balaban J connectivity index is 2.19. The molecule has 0 aromatic heterocycles. The summed E-state index contributed by atoms with van der Waals surface area (Å²) in [5.41, 5.74) is 0.444. The van der Waals surface area contributed by atoms with Gasteiger partial charge in [-0.2, -0.15) is 0 Å². The summed E-state index contributed by atoms with van der Waals surface area (Å²) < 4.78 is 5.46. The summed E-state index contributed by atoms with van der Waals surface area (Å²) in [6.07, 6.45) is 0. The van der Waals surface area contributed by atoms with E-state index in [1.54, 1.807) is 14.0 Å². The number of amides is 2. The van der Waals surface area contributed by atoms with Gasteiger partial charge in [-0.25, -0.2) is 0 Å². The van der Waals surface area contributed by atoms with E-state index >= 15 is 0 Å². The molecule has 1 aliphatic heterocycles. The van der Waals surface area contributed by atoms with E-state index in [1.165, 1.54) is 0 Å². The van der Waals surface area contributed by atoms with Crippen molar-refractivity contribution >= 4 is 11.8 Å². The lowest BCUT2D eigenvalue weighted by atomic mass is 9.95. The number of hydrogen-bond donors (Lipinski definition) is 2. The molecular formula is C19H29N3O3. The first-order chi connectivity index (χ1) is 11.8. The number of benzene rings is 1. The minimum atomic E-state index is -0.568. The normalized spacial score (nSPS) is 19.2. The molecule has 1 aliphatic rings. The SMILES string of the molecule is COc1ccccc1C1CNCCN1C(=O)C(C)NC(=O)C(C)(C)C. The molecule has 2 unspecified atom stereocenters. The first-order valence-corrected chi connectivity index (χ1v) is 8.70. The Hall–Kier alpha value is -2.08. The highest BCUT2D eigenvalue weighted by Crippen LogP contribution is 2.30. The van der Waals surface area contributed by atoms with Crippen molar-refractivity contribution in [2.24, 2.45) is 5.41 Å². The Morgan fingerprint density at radius 3 is 2.64 bits per heavy atom. The number of para-hydroxylation sites is 1.